The number of hydrogen-bond acceptors (Lipinski definition) is 8. The summed E-state index contributed by atoms with van der Waals surface area (Å²) in [6, 6.07) is 10.5. The van der Waals surface area contributed by atoms with Crippen LogP contribution in [0.15, 0.2) is 71.5 Å². The molecule has 354 valence electrons. The molecule has 7 aromatic rings. The van der Waals surface area contributed by atoms with E-state index in [-0.39, 0.29) is 67.8 Å². The van der Waals surface area contributed by atoms with E-state index in [1.165, 1.54) is 36.4 Å². The Balaban J connectivity index is 1.20. The predicted octanol–water partition coefficient (Wildman–Crippen LogP) is 8.56. The lowest BCUT2D eigenvalue weighted by molar-refractivity contribution is -0.142. The van der Waals surface area contributed by atoms with Crippen LogP contribution in [0.2, 0.25) is 5.02 Å². The average Bonchev–Trinajstić information content (AvgIpc) is 4.17. The summed E-state index contributed by atoms with van der Waals surface area (Å²) in [6.07, 6.45) is -8.73. The van der Waals surface area contributed by atoms with Crippen LogP contribution >= 0.6 is 11.6 Å². The Morgan fingerprint density at radius 1 is 0.941 bits per heavy atom. The largest absolute Gasteiger partial charge is 0.435 e. The number of nitrogens with one attached hydrogen (secondary N) is 2. The summed E-state index contributed by atoms with van der Waals surface area (Å²) in [5.74, 6) is -11.8. The molecule has 0 bridgehead atoms. The monoisotopic (exact) mass is 993 g/mol. The quantitative estimate of drug-likeness (QED) is 0.109. The summed E-state index contributed by atoms with van der Waals surface area (Å²) in [5.41, 5.74) is -6.12. The Morgan fingerprint density at radius 3 is 2.34 bits per heavy atom. The topological polar surface area (TPSA) is 159 Å². The first-order valence-corrected chi connectivity index (χ1v) is 22.5. The van der Waals surface area contributed by atoms with Crippen LogP contribution in [0, 0.1) is 23.4 Å². The van der Waals surface area contributed by atoms with Gasteiger partial charge in [0, 0.05) is 29.5 Å². The molecule has 13 nitrogen and oxygen atoms in total. The fraction of sp³-hybridized carbons (Fsp3) is 0.302. The number of rotatable bonds is 13. The van der Waals surface area contributed by atoms with Crippen molar-refractivity contribution in [1.82, 2.24) is 39.4 Å². The zero-order valence-corrected chi connectivity index (χ0v) is 35.9. The second kappa shape index (κ2) is 16.0. The SMILES string of the molecule is O=C(Cn1nc(C(F)(F)F)c2c1C(F)(F)[C@@H]1C[C@H]21)N[C@@H](Cc1cc(F)cc(F)c1)c1nc2nc(-c3ccccc3F)ccc2c(=O)n1-c1ccc(Cl)c2c(NS(=O)(=O)C3CC3)nn(CC(F)F)c12. The Kier molecular flexibility index (Phi) is 10.7. The Bertz CT molecular complexity index is 3410. The summed E-state index contributed by atoms with van der Waals surface area (Å²) in [7, 11) is -4.14. The summed E-state index contributed by atoms with van der Waals surface area (Å²) < 4.78 is 178. The van der Waals surface area contributed by atoms with E-state index < -0.39 is 134 Å². The standard InChI is InChI=1S/C43H30ClF10N9O4S/c44-26-8-10-30(35-34(26)39(59-61(35)16-31(48)49)60-68(66,67)21-5-6-21)63-40(57-38-23(41(63)65)7-9-28(56-38)22-3-1-2-4-27(22)47)29(13-18-11-19(45)14-20(46)12-18)55-32(64)17-62-37-33(36(58-62)43(52,53)54)24-15-25(24)42(37,50)51/h1-4,7-12,14,21,24-25,29,31H,5-6,13,15-17H2,(H,55,64)(H,59,60)/t24-,25+,29-/m0/s1. The molecule has 4 heterocycles. The van der Waals surface area contributed by atoms with Crippen molar-refractivity contribution in [3.05, 3.63) is 128 Å². The van der Waals surface area contributed by atoms with Gasteiger partial charge in [0.25, 0.3) is 17.9 Å². The molecule has 3 aliphatic carbocycles. The van der Waals surface area contributed by atoms with E-state index in [4.69, 9.17) is 11.6 Å². The first-order valence-electron chi connectivity index (χ1n) is 20.6. The predicted molar refractivity (Wildman–Crippen MR) is 223 cm³/mol. The van der Waals surface area contributed by atoms with Gasteiger partial charge in [0.1, 0.15) is 42.1 Å². The third-order valence-corrected chi connectivity index (χ3v) is 14.1. The minimum atomic E-state index is -5.19. The number of benzene rings is 3. The van der Waals surface area contributed by atoms with Crippen molar-refractivity contribution in [1.29, 1.82) is 0 Å². The molecule has 25 heteroatoms. The first-order chi connectivity index (χ1) is 32.1. The smallest absolute Gasteiger partial charge is 0.344 e. The molecule has 0 aliphatic heterocycles. The maximum absolute atomic E-state index is 15.6. The highest BCUT2D eigenvalue weighted by molar-refractivity contribution is 7.93. The van der Waals surface area contributed by atoms with E-state index in [9.17, 15) is 43.9 Å². The molecular formula is C43H30ClF10N9O4S. The Hall–Kier alpha value is -6.56. The van der Waals surface area contributed by atoms with E-state index in [0.29, 0.717) is 10.7 Å². The minimum absolute atomic E-state index is 0.0575. The molecule has 0 saturated heterocycles. The van der Waals surface area contributed by atoms with E-state index in [0.717, 1.165) is 28.8 Å². The zero-order chi connectivity index (χ0) is 48.4. The number of fused-ring (bicyclic) bond motifs is 5. The number of halogens is 11. The highest BCUT2D eigenvalue weighted by atomic mass is 35.5. The van der Waals surface area contributed by atoms with Gasteiger partial charge in [-0.1, -0.05) is 23.7 Å². The summed E-state index contributed by atoms with van der Waals surface area (Å²) in [6.45, 7) is -2.50. The van der Waals surface area contributed by atoms with Gasteiger partial charge in [0.15, 0.2) is 17.2 Å². The third kappa shape index (κ3) is 7.89. The molecule has 68 heavy (non-hydrogen) atoms. The number of nitrogens with zero attached hydrogens (tertiary/aromatic N) is 7. The molecule has 3 aromatic carbocycles. The van der Waals surface area contributed by atoms with Crippen LogP contribution in [0.5, 0.6) is 0 Å². The van der Waals surface area contributed by atoms with Crippen LogP contribution in [0.25, 0.3) is 38.9 Å². The van der Waals surface area contributed by atoms with Gasteiger partial charge in [-0.25, -0.2) is 40.3 Å². The fourth-order valence-electron chi connectivity index (χ4n) is 8.88. The molecule has 0 spiro atoms. The van der Waals surface area contributed by atoms with Crippen LogP contribution < -0.4 is 15.6 Å². The summed E-state index contributed by atoms with van der Waals surface area (Å²) in [4.78, 5) is 38.3. The average molecular weight is 994 g/mol. The highest BCUT2D eigenvalue weighted by Crippen LogP contribution is 2.68. The lowest BCUT2D eigenvalue weighted by atomic mass is 10.0. The van der Waals surface area contributed by atoms with Crippen molar-refractivity contribution >= 4 is 55.3 Å². The summed E-state index contributed by atoms with van der Waals surface area (Å²) >= 11 is 6.63. The van der Waals surface area contributed by atoms with Crippen molar-refractivity contribution in [2.45, 2.75) is 74.5 Å². The van der Waals surface area contributed by atoms with Gasteiger partial charge in [-0.3, -0.25) is 28.2 Å². The molecule has 4 aromatic heterocycles. The summed E-state index contributed by atoms with van der Waals surface area (Å²) in [5, 5.41) is 8.28. The molecule has 10 rings (SSSR count). The van der Waals surface area contributed by atoms with Gasteiger partial charge >= 0.3 is 6.18 Å². The lowest BCUT2D eigenvalue weighted by Crippen LogP contribution is -2.38. The second-order valence-corrected chi connectivity index (χ2v) is 19.0. The van der Waals surface area contributed by atoms with Crippen LogP contribution in [0.4, 0.5) is 49.7 Å². The highest BCUT2D eigenvalue weighted by Gasteiger charge is 2.68. The molecule has 0 unspecified atom stereocenters. The molecule has 3 aliphatic rings. The van der Waals surface area contributed by atoms with Gasteiger partial charge < -0.3 is 5.32 Å². The number of aromatic nitrogens is 7. The van der Waals surface area contributed by atoms with Crippen molar-refractivity contribution in [3.63, 3.8) is 0 Å². The molecule has 0 radical (unpaired) electrons. The minimum Gasteiger partial charge on any atom is -0.344 e. The number of hydrogen-bond donors (Lipinski definition) is 2. The van der Waals surface area contributed by atoms with Crippen molar-refractivity contribution < 1.29 is 57.1 Å². The number of carbonyl (C=O) groups excluding carboxylic acids is 1. The molecular weight excluding hydrogens is 964 g/mol. The van der Waals surface area contributed by atoms with Crippen LogP contribution in [-0.4, -0.2) is 60.1 Å². The molecule has 2 saturated carbocycles. The van der Waals surface area contributed by atoms with Gasteiger partial charge in [-0.2, -0.15) is 32.1 Å². The number of anilines is 1. The van der Waals surface area contributed by atoms with E-state index in [1.807, 2.05) is 0 Å². The Labute approximate surface area is 380 Å². The van der Waals surface area contributed by atoms with Crippen molar-refractivity contribution in [2.75, 3.05) is 4.72 Å². The zero-order valence-electron chi connectivity index (χ0n) is 34.3. The van der Waals surface area contributed by atoms with Gasteiger partial charge in [0.05, 0.1) is 44.0 Å². The fourth-order valence-corrected chi connectivity index (χ4v) is 10.5. The molecule has 1 amide bonds. The van der Waals surface area contributed by atoms with Crippen molar-refractivity contribution in [2.24, 2.45) is 5.92 Å². The number of pyridine rings is 1. The first kappa shape index (κ1) is 45.2. The maximum Gasteiger partial charge on any atom is 0.435 e. The Morgan fingerprint density at radius 2 is 1.66 bits per heavy atom. The van der Waals surface area contributed by atoms with E-state index >= 15 is 18.0 Å². The second-order valence-electron chi connectivity index (χ2n) is 16.7. The molecule has 2 N–H and O–H groups in total. The number of sulfonamides is 1. The number of alkyl halides is 7. The van der Waals surface area contributed by atoms with Gasteiger partial charge in [-0.15, -0.1) is 0 Å². The van der Waals surface area contributed by atoms with Gasteiger partial charge in [-0.05, 0) is 79.3 Å². The third-order valence-electron chi connectivity index (χ3n) is 12.0. The normalized spacial score (nSPS) is 18.0. The molecule has 2 fully saturated rings. The van der Waals surface area contributed by atoms with Crippen LogP contribution in [-0.2, 0) is 46.4 Å². The van der Waals surface area contributed by atoms with E-state index in [1.54, 1.807) is 0 Å². The molecule has 3 atom stereocenters. The van der Waals surface area contributed by atoms with Crippen LogP contribution in [0.3, 0.4) is 0 Å². The lowest BCUT2D eigenvalue weighted by Gasteiger charge is -2.24. The number of amides is 1. The van der Waals surface area contributed by atoms with Gasteiger partial charge in [0.2, 0.25) is 15.9 Å². The number of carbonyl (C=O) groups is 1. The van der Waals surface area contributed by atoms with E-state index in [2.05, 4.69) is 30.2 Å². The van der Waals surface area contributed by atoms with Crippen molar-refractivity contribution in [3.8, 4) is 16.9 Å². The maximum atomic E-state index is 15.6. The van der Waals surface area contributed by atoms with Crippen LogP contribution in [0.1, 0.15) is 59.6 Å².